The lowest BCUT2D eigenvalue weighted by Gasteiger charge is -2.29. The van der Waals surface area contributed by atoms with Crippen LogP contribution >= 0.6 is 0 Å². The third kappa shape index (κ3) is 1.41. The van der Waals surface area contributed by atoms with Crippen LogP contribution in [0.1, 0.15) is 0 Å². The molecule has 1 aliphatic heterocycles. The molecule has 0 aromatic carbocycles. The number of hydrogen-bond acceptors (Lipinski definition) is 3. The first-order valence-electron chi connectivity index (χ1n) is 3.15. The molecule has 1 rings (SSSR count). The minimum absolute atomic E-state index is 0.0682. The van der Waals surface area contributed by atoms with E-state index in [9.17, 15) is 14.9 Å². The normalized spacial score (nSPS) is 21.9. The topological polar surface area (TPSA) is 60.2 Å². The van der Waals surface area contributed by atoms with Gasteiger partial charge in [-0.1, -0.05) is 6.55 Å². The summed E-state index contributed by atoms with van der Waals surface area (Å²) in [4.78, 5) is 20.3. The summed E-state index contributed by atoms with van der Waals surface area (Å²) in [5, 5.41) is 10.0. The molecular formula is C5H9NO3Si. The van der Waals surface area contributed by atoms with Crippen molar-refractivity contribution in [3.63, 3.8) is 0 Å². The number of hydrogen-bond donors (Lipinski definition) is 0. The molecule has 1 heterocycles. The van der Waals surface area contributed by atoms with Gasteiger partial charge in [0.15, 0.2) is 14.2 Å². The number of carbonyl (C=O) groups is 1. The van der Waals surface area contributed by atoms with Gasteiger partial charge in [-0.2, -0.15) is 0 Å². The van der Waals surface area contributed by atoms with Gasteiger partial charge < -0.3 is 4.79 Å². The Kier molecular flexibility index (Phi) is 1.59. The summed E-state index contributed by atoms with van der Waals surface area (Å²) in [6, 6.07) is 1.04. The van der Waals surface area contributed by atoms with Crippen molar-refractivity contribution in [2.45, 2.75) is 18.6 Å². The summed E-state index contributed by atoms with van der Waals surface area (Å²) in [6.45, 7) is 1.91. The number of rotatable bonds is 2. The first-order chi connectivity index (χ1) is 4.52. The van der Waals surface area contributed by atoms with Crippen molar-refractivity contribution in [1.82, 2.24) is 0 Å². The maximum atomic E-state index is 10.5. The lowest BCUT2D eigenvalue weighted by atomic mass is 10.5. The maximum absolute atomic E-state index is 10.5. The Labute approximate surface area is 59.4 Å². The zero-order chi connectivity index (χ0) is 7.78. The van der Waals surface area contributed by atoms with Crippen molar-refractivity contribution < 1.29 is 9.72 Å². The Hall–Kier alpha value is -0.713. The van der Waals surface area contributed by atoms with Crippen molar-refractivity contribution in [2.75, 3.05) is 6.17 Å². The molecule has 0 aromatic rings. The molecule has 0 spiro atoms. The molecule has 0 unspecified atom stereocenters. The van der Waals surface area contributed by atoms with Crippen molar-refractivity contribution >= 4 is 13.9 Å². The molecule has 0 aliphatic carbocycles. The van der Waals surface area contributed by atoms with Gasteiger partial charge in [-0.15, -0.1) is 0 Å². The van der Waals surface area contributed by atoms with Crippen LogP contribution in [-0.2, 0) is 4.79 Å². The lowest BCUT2D eigenvalue weighted by Crippen LogP contribution is -2.50. The predicted octanol–water partition coefficient (Wildman–Crippen LogP) is 0.464. The van der Waals surface area contributed by atoms with Crippen LogP contribution in [-0.4, -0.2) is 24.9 Å². The van der Waals surface area contributed by atoms with Gasteiger partial charge >= 0.3 is 0 Å². The summed E-state index contributed by atoms with van der Waals surface area (Å²) in [5.74, 6) is 0.205. The van der Waals surface area contributed by atoms with Crippen LogP contribution in [0.2, 0.25) is 18.6 Å². The summed E-state index contributed by atoms with van der Waals surface area (Å²) in [7, 11) is -1.67. The summed E-state index contributed by atoms with van der Waals surface area (Å²) < 4.78 is 0. The van der Waals surface area contributed by atoms with Gasteiger partial charge in [0.2, 0.25) is 0 Å². The molecule has 4 nitrogen and oxygen atoms in total. The van der Waals surface area contributed by atoms with E-state index >= 15 is 0 Å². The highest BCUT2D eigenvalue weighted by molar-refractivity contribution is 6.89. The monoisotopic (exact) mass is 159 g/mol. The van der Waals surface area contributed by atoms with Crippen LogP contribution in [0.4, 0.5) is 0 Å². The number of Topliss-reactive ketones (excluding diaryl/α,β-unsaturated/α-hetero) is 1. The second-order valence-electron chi connectivity index (χ2n) is 3.19. The average molecular weight is 159 g/mol. The van der Waals surface area contributed by atoms with E-state index in [0.717, 1.165) is 0 Å². The molecule has 5 heteroatoms. The standard InChI is InChI=1S/C5H9NO3Si/c1-10(4-6(8)9)2-5(7)3-10/h2-4H2,1H3. The molecular weight excluding hydrogens is 150 g/mol. The van der Waals surface area contributed by atoms with Crippen molar-refractivity contribution in [3.05, 3.63) is 10.1 Å². The minimum atomic E-state index is -1.67. The zero-order valence-electron chi connectivity index (χ0n) is 5.79. The fourth-order valence-corrected chi connectivity index (χ4v) is 3.97. The van der Waals surface area contributed by atoms with Gasteiger partial charge in [0.1, 0.15) is 5.78 Å². The quantitative estimate of drug-likeness (QED) is 0.334. The van der Waals surface area contributed by atoms with Crippen LogP contribution in [0.5, 0.6) is 0 Å². The molecule has 0 amide bonds. The summed E-state index contributed by atoms with van der Waals surface area (Å²) in [6.07, 6.45) is 0.0682. The Morgan fingerprint density at radius 2 is 2.20 bits per heavy atom. The Morgan fingerprint density at radius 3 is 2.50 bits per heavy atom. The maximum Gasteiger partial charge on any atom is 0.186 e. The van der Waals surface area contributed by atoms with E-state index in [-0.39, 0.29) is 16.9 Å². The van der Waals surface area contributed by atoms with Gasteiger partial charge in [-0.25, -0.2) is 0 Å². The van der Waals surface area contributed by atoms with Gasteiger partial charge in [0.05, 0.1) is 0 Å². The number of nitro groups is 1. The molecule has 56 valence electrons. The molecule has 10 heavy (non-hydrogen) atoms. The number of carbonyl (C=O) groups excluding carboxylic acids is 1. The van der Waals surface area contributed by atoms with E-state index < -0.39 is 8.07 Å². The highest BCUT2D eigenvalue weighted by atomic mass is 28.3. The predicted molar refractivity (Wildman–Crippen MR) is 38.1 cm³/mol. The molecule has 0 atom stereocenters. The summed E-state index contributed by atoms with van der Waals surface area (Å²) in [5.41, 5.74) is 0. The fourth-order valence-electron chi connectivity index (χ4n) is 1.32. The lowest BCUT2D eigenvalue weighted by molar-refractivity contribution is -0.462. The molecule has 0 aromatic heterocycles. The van der Waals surface area contributed by atoms with Gasteiger partial charge in [0.25, 0.3) is 0 Å². The van der Waals surface area contributed by atoms with Crippen molar-refractivity contribution in [2.24, 2.45) is 0 Å². The molecule has 0 radical (unpaired) electrons. The second kappa shape index (κ2) is 2.16. The molecule has 1 fully saturated rings. The largest absolute Gasteiger partial charge is 0.300 e. The zero-order valence-corrected chi connectivity index (χ0v) is 6.79. The minimum Gasteiger partial charge on any atom is -0.300 e. The van der Waals surface area contributed by atoms with Crippen molar-refractivity contribution in [1.29, 1.82) is 0 Å². The van der Waals surface area contributed by atoms with Crippen molar-refractivity contribution in [3.8, 4) is 0 Å². The van der Waals surface area contributed by atoms with Gasteiger partial charge in [-0.05, 0) is 0 Å². The highest BCUT2D eigenvalue weighted by Gasteiger charge is 2.46. The van der Waals surface area contributed by atoms with Crippen LogP contribution in [0, 0.1) is 10.1 Å². The Balaban J connectivity index is 2.41. The van der Waals surface area contributed by atoms with Crippen LogP contribution in [0.25, 0.3) is 0 Å². The average Bonchev–Trinajstić information content (AvgIpc) is 1.57. The smallest absolute Gasteiger partial charge is 0.186 e. The molecule has 1 aliphatic rings. The van der Waals surface area contributed by atoms with Gasteiger partial charge in [-0.3, -0.25) is 10.1 Å². The first-order valence-corrected chi connectivity index (χ1v) is 6.27. The van der Waals surface area contributed by atoms with E-state index in [1.807, 2.05) is 6.55 Å². The van der Waals surface area contributed by atoms with E-state index in [2.05, 4.69) is 0 Å². The SMILES string of the molecule is C[Si]1(C[N+](=O)[O-])CC(=O)C1. The van der Waals surface area contributed by atoms with Crippen LogP contribution in [0.15, 0.2) is 0 Å². The number of ketones is 1. The Bertz CT molecular complexity index is 183. The second-order valence-corrected chi connectivity index (χ2v) is 7.84. The highest BCUT2D eigenvalue weighted by Crippen LogP contribution is 2.28. The van der Waals surface area contributed by atoms with Crippen LogP contribution in [0.3, 0.4) is 0 Å². The molecule has 0 saturated carbocycles. The van der Waals surface area contributed by atoms with E-state index in [1.165, 1.54) is 0 Å². The molecule has 1 saturated heterocycles. The third-order valence-electron chi connectivity index (χ3n) is 1.76. The van der Waals surface area contributed by atoms with Crippen LogP contribution < -0.4 is 0 Å². The summed E-state index contributed by atoms with van der Waals surface area (Å²) >= 11 is 0. The molecule has 0 bridgehead atoms. The van der Waals surface area contributed by atoms with Gasteiger partial charge in [0, 0.05) is 17.0 Å². The Morgan fingerprint density at radius 1 is 1.70 bits per heavy atom. The van der Waals surface area contributed by atoms with E-state index in [4.69, 9.17) is 0 Å². The third-order valence-corrected chi connectivity index (χ3v) is 5.28. The molecule has 0 N–H and O–H groups in total. The fraction of sp³-hybridized carbons (Fsp3) is 0.800. The first kappa shape index (κ1) is 7.39. The van der Waals surface area contributed by atoms with E-state index in [0.29, 0.717) is 12.1 Å². The van der Waals surface area contributed by atoms with E-state index in [1.54, 1.807) is 0 Å². The number of nitrogens with zero attached hydrogens (tertiary/aromatic N) is 1.